The van der Waals surface area contributed by atoms with E-state index in [9.17, 15) is 19.8 Å². The number of hydrogen-bond donors (Lipinski definition) is 4. The van der Waals surface area contributed by atoms with E-state index in [0.29, 0.717) is 4.57 Å². The Morgan fingerprint density at radius 3 is 2.70 bits per heavy atom. The van der Waals surface area contributed by atoms with E-state index < -0.39 is 42.4 Å². The zero-order valence-corrected chi connectivity index (χ0v) is 9.95. The van der Waals surface area contributed by atoms with Gasteiger partial charge < -0.3 is 20.1 Å². The Hall–Kier alpha value is -2.17. The molecular formula is C9H11N5O6. The molecule has 11 heteroatoms. The lowest BCUT2D eigenvalue weighted by Gasteiger charge is -2.18. The summed E-state index contributed by atoms with van der Waals surface area (Å²) in [5.41, 5.74) is 6.65. The maximum absolute atomic E-state index is 11.8. The minimum atomic E-state index is -1.54. The third-order valence-corrected chi connectivity index (χ3v) is 2.87. The Morgan fingerprint density at radius 1 is 1.45 bits per heavy atom. The van der Waals surface area contributed by atoms with Gasteiger partial charge >= 0.3 is 5.69 Å². The van der Waals surface area contributed by atoms with Gasteiger partial charge in [-0.2, -0.15) is 0 Å². The molecule has 1 fully saturated rings. The van der Waals surface area contributed by atoms with Gasteiger partial charge in [-0.1, -0.05) is 0 Å². The van der Waals surface area contributed by atoms with E-state index in [1.54, 1.807) is 0 Å². The predicted octanol–water partition coefficient (Wildman–Crippen LogP) is -1.91. The highest BCUT2D eigenvalue weighted by Crippen LogP contribution is 2.30. The van der Waals surface area contributed by atoms with Crippen molar-refractivity contribution in [3.05, 3.63) is 37.3 Å². The molecule has 0 saturated carbocycles. The SMILES string of the molecule is [N-]=[N+]=Nc1cc(=O)[nH]c(=O)n1[C@@H]1O[C@H](CO)C(O)[C@@H]1O. The first-order chi connectivity index (χ1) is 9.49. The van der Waals surface area contributed by atoms with E-state index in [1.165, 1.54) is 0 Å². The van der Waals surface area contributed by atoms with Crippen LogP contribution in [0.4, 0.5) is 5.82 Å². The zero-order chi connectivity index (χ0) is 14.9. The quantitative estimate of drug-likeness (QED) is 0.286. The number of aliphatic hydroxyl groups is 3. The Labute approximate surface area is 110 Å². The molecule has 2 rings (SSSR count). The van der Waals surface area contributed by atoms with Gasteiger partial charge in [-0.15, -0.1) is 0 Å². The van der Waals surface area contributed by atoms with Gasteiger partial charge in [0, 0.05) is 11.0 Å². The average molecular weight is 285 g/mol. The summed E-state index contributed by atoms with van der Waals surface area (Å²) in [4.78, 5) is 27.3. The molecular weight excluding hydrogens is 274 g/mol. The fourth-order valence-electron chi connectivity index (χ4n) is 1.95. The normalized spacial score (nSPS) is 29.1. The first-order valence-electron chi connectivity index (χ1n) is 5.53. The first kappa shape index (κ1) is 14.2. The second-order valence-corrected chi connectivity index (χ2v) is 4.09. The molecule has 108 valence electrons. The van der Waals surface area contributed by atoms with Gasteiger partial charge in [0.05, 0.1) is 6.61 Å². The number of hydrogen-bond acceptors (Lipinski definition) is 7. The van der Waals surface area contributed by atoms with Crippen molar-refractivity contribution in [2.24, 2.45) is 5.11 Å². The van der Waals surface area contributed by atoms with Crippen LogP contribution in [0.25, 0.3) is 10.4 Å². The predicted molar refractivity (Wildman–Crippen MR) is 63.1 cm³/mol. The summed E-state index contributed by atoms with van der Waals surface area (Å²) < 4.78 is 5.84. The standard InChI is InChI=1S/C9H11N5O6/c10-13-12-4-1-5(16)11-9(19)14(4)8-7(18)6(17)3(2-15)20-8/h1,3,6-8,15,17-18H,2H2,(H,11,16,19)/t3-,6?,7+,8-/m1/s1. The third kappa shape index (κ3) is 2.31. The molecule has 1 aromatic rings. The lowest BCUT2D eigenvalue weighted by molar-refractivity contribution is -0.0541. The molecule has 0 amide bonds. The average Bonchev–Trinajstić information content (AvgIpc) is 2.66. The number of H-pyrrole nitrogens is 1. The number of aliphatic hydroxyl groups excluding tert-OH is 3. The van der Waals surface area contributed by atoms with Gasteiger partial charge in [-0.05, 0) is 10.6 Å². The van der Waals surface area contributed by atoms with Crippen LogP contribution in [0.15, 0.2) is 20.8 Å². The molecule has 2 heterocycles. The van der Waals surface area contributed by atoms with Crippen LogP contribution < -0.4 is 11.2 Å². The van der Waals surface area contributed by atoms with Crippen molar-refractivity contribution in [1.29, 1.82) is 0 Å². The van der Waals surface area contributed by atoms with E-state index in [-0.39, 0.29) is 5.82 Å². The van der Waals surface area contributed by atoms with Crippen LogP contribution in [-0.4, -0.2) is 49.8 Å². The molecule has 1 saturated heterocycles. The second kappa shape index (κ2) is 5.45. The Morgan fingerprint density at radius 2 is 2.15 bits per heavy atom. The zero-order valence-electron chi connectivity index (χ0n) is 9.95. The van der Waals surface area contributed by atoms with Crippen molar-refractivity contribution in [3.63, 3.8) is 0 Å². The number of ether oxygens (including phenoxy) is 1. The van der Waals surface area contributed by atoms with Crippen molar-refractivity contribution in [2.75, 3.05) is 6.61 Å². The minimum absolute atomic E-state index is 0.379. The molecule has 0 spiro atoms. The highest BCUT2D eigenvalue weighted by molar-refractivity contribution is 5.26. The van der Waals surface area contributed by atoms with Gasteiger partial charge in [0.2, 0.25) is 0 Å². The molecule has 0 aromatic carbocycles. The summed E-state index contributed by atoms with van der Waals surface area (Å²) in [5, 5.41) is 31.6. The fraction of sp³-hybridized carbons (Fsp3) is 0.556. The number of nitrogens with zero attached hydrogens (tertiary/aromatic N) is 4. The van der Waals surface area contributed by atoms with Crippen LogP contribution in [-0.2, 0) is 4.74 Å². The molecule has 1 unspecified atom stereocenters. The molecule has 1 aromatic heterocycles. The molecule has 4 atom stereocenters. The van der Waals surface area contributed by atoms with Crippen molar-refractivity contribution in [3.8, 4) is 0 Å². The van der Waals surface area contributed by atoms with E-state index >= 15 is 0 Å². The summed E-state index contributed by atoms with van der Waals surface area (Å²) in [7, 11) is 0. The van der Waals surface area contributed by atoms with Gasteiger partial charge in [0.25, 0.3) is 5.56 Å². The van der Waals surface area contributed by atoms with E-state index in [4.69, 9.17) is 15.4 Å². The summed E-state index contributed by atoms with van der Waals surface area (Å²) in [5.74, 6) is -0.379. The first-order valence-corrected chi connectivity index (χ1v) is 5.53. The molecule has 0 aliphatic carbocycles. The highest BCUT2D eigenvalue weighted by Gasteiger charge is 2.44. The molecule has 11 nitrogen and oxygen atoms in total. The second-order valence-electron chi connectivity index (χ2n) is 4.09. The Bertz CT molecular complexity index is 662. The number of aromatic amines is 1. The molecule has 4 N–H and O–H groups in total. The van der Waals surface area contributed by atoms with E-state index in [2.05, 4.69) is 10.0 Å². The summed E-state index contributed by atoms with van der Waals surface area (Å²) >= 11 is 0. The van der Waals surface area contributed by atoms with Gasteiger partial charge in [0.15, 0.2) is 6.23 Å². The van der Waals surface area contributed by atoms with Gasteiger partial charge in [-0.25, -0.2) is 4.79 Å². The smallest absolute Gasteiger partial charge is 0.330 e. The van der Waals surface area contributed by atoms with Crippen LogP contribution in [0.1, 0.15) is 6.23 Å². The largest absolute Gasteiger partial charge is 0.394 e. The Balaban J connectivity index is 2.56. The molecule has 1 aliphatic heterocycles. The van der Waals surface area contributed by atoms with Crippen molar-refractivity contribution < 1.29 is 20.1 Å². The monoisotopic (exact) mass is 285 g/mol. The van der Waals surface area contributed by atoms with E-state index in [1.807, 2.05) is 4.98 Å². The van der Waals surface area contributed by atoms with Crippen LogP contribution in [0, 0.1) is 0 Å². The number of nitrogens with one attached hydrogen (secondary N) is 1. The Kier molecular flexibility index (Phi) is 3.88. The third-order valence-electron chi connectivity index (χ3n) is 2.87. The summed E-state index contributed by atoms with van der Waals surface area (Å²) in [6.07, 6.45) is -5.47. The highest BCUT2D eigenvalue weighted by atomic mass is 16.6. The minimum Gasteiger partial charge on any atom is -0.394 e. The number of aromatic nitrogens is 2. The van der Waals surface area contributed by atoms with Crippen LogP contribution in [0.5, 0.6) is 0 Å². The summed E-state index contributed by atoms with van der Waals surface area (Å²) in [6, 6.07) is 0.843. The topological polar surface area (TPSA) is 174 Å². The molecule has 0 radical (unpaired) electrons. The lowest BCUT2D eigenvalue weighted by atomic mass is 10.1. The fourth-order valence-corrected chi connectivity index (χ4v) is 1.95. The number of rotatable bonds is 3. The van der Waals surface area contributed by atoms with Gasteiger partial charge in [-0.3, -0.25) is 14.3 Å². The van der Waals surface area contributed by atoms with Crippen molar-refractivity contribution in [1.82, 2.24) is 9.55 Å². The van der Waals surface area contributed by atoms with Crippen molar-refractivity contribution >= 4 is 5.82 Å². The lowest BCUT2D eigenvalue weighted by Crippen LogP contribution is -2.37. The number of azide groups is 1. The van der Waals surface area contributed by atoms with Gasteiger partial charge in [0.1, 0.15) is 24.1 Å². The summed E-state index contributed by atoms with van der Waals surface area (Å²) in [6.45, 7) is -0.580. The van der Waals surface area contributed by atoms with Crippen molar-refractivity contribution in [2.45, 2.75) is 24.5 Å². The molecule has 1 aliphatic rings. The van der Waals surface area contributed by atoms with Crippen LogP contribution >= 0.6 is 0 Å². The van der Waals surface area contributed by atoms with E-state index in [0.717, 1.165) is 6.07 Å². The van der Waals surface area contributed by atoms with Crippen LogP contribution in [0.2, 0.25) is 0 Å². The van der Waals surface area contributed by atoms with Crippen LogP contribution in [0.3, 0.4) is 0 Å². The molecule has 20 heavy (non-hydrogen) atoms. The maximum Gasteiger partial charge on any atom is 0.330 e. The maximum atomic E-state index is 11.8. The molecule has 0 bridgehead atoms.